The smallest absolute Gasteiger partial charge is 0.111 e. The lowest BCUT2D eigenvalue weighted by Crippen LogP contribution is -2.33. The minimum atomic E-state index is -0.706. The van der Waals surface area contributed by atoms with E-state index < -0.39 is 6.10 Å². The fraction of sp³-hybridized carbons (Fsp3) is 0.333. The third-order valence-electron chi connectivity index (χ3n) is 3.42. The van der Waals surface area contributed by atoms with Crippen LogP contribution in [-0.4, -0.2) is 31.0 Å². The lowest BCUT2D eigenvalue weighted by Gasteiger charge is -2.28. The topological polar surface area (TPSA) is 38.7 Å². The van der Waals surface area contributed by atoms with Crippen molar-refractivity contribution in [3.8, 4) is 0 Å². The van der Waals surface area contributed by atoms with Crippen molar-refractivity contribution in [2.75, 3.05) is 19.8 Å². The normalized spacial score (nSPS) is 21.5. The van der Waals surface area contributed by atoms with Crippen LogP contribution in [0.5, 0.6) is 0 Å². The molecule has 1 N–H and O–H groups in total. The zero-order chi connectivity index (χ0) is 13.2. The molecule has 2 aromatic rings. The summed E-state index contributed by atoms with van der Waals surface area (Å²) >= 11 is 6.18. The van der Waals surface area contributed by atoms with Crippen LogP contribution in [0, 0.1) is 0 Å². The van der Waals surface area contributed by atoms with Gasteiger partial charge in [0.15, 0.2) is 0 Å². The third-order valence-corrected chi connectivity index (χ3v) is 3.75. The molecule has 1 heterocycles. The lowest BCUT2D eigenvalue weighted by atomic mass is 9.97. The molecule has 1 aliphatic heterocycles. The predicted octanol–water partition coefficient (Wildman–Crippen LogP) is 2.94. The third kappa shape index (κ3) is 2.47. The summed E-state index contributed by atoms with van der Waals surface area (Å²) in [5, 5.41) is 13.1. The average molecular weight is 279 g/mol. The van der Waals surface area contributed by atoms with Crippen LogP contribution < -0.4 is 0 Å². The molecule has 2 aromatic carbocycles. The van der Waals surface area contributed by atoms with Gasteiger partial charge in [0.05, 0.1) is 19.8 Å². The van der Waals surface area contributed by atoms with E-state index in [2.05, 4.69) is 0 Å². The summed E-state index contributed by atoms with van der Waals surface area (Å²) < 4.78 is 10.9. The Morgan fingerprint density at radius 3 is 2.63 bits per heavy atom. The summed E-state index contributed by atoms with van der Waals surface area (Å²) in [7, 11) is 0. The molecular formula is C15H15ClO3. The Balaban J connectivity index is 2.02. The van der Waals surface area contributed by atoms with Crippen LogP contribution in [-0.2, 0) is 9.47 Å². The van der Waals surface area contributed by atoms with Crippen molar-refractivity contribution in [3.63, 3.8) is 0 Å². The maximum atomic E-state index is 10.5. The standard InChI is InChI=1S/C15H15ClO3/c16-13-6-5-12(10-3-1-2-4-11(10)13)15(17)14-9-18-7-8-19-14/h1-6,14-15,17H,7-9H2. The summed E-state index contributed by atoms with van der Waals surface area (Å²) in [5.41, 5.74) is 0.829. The van der Waals surface area contributed by atoms with Crippen LogP contribution in [0.2, 0.25) is 5.02 Å². The SMILES string of the molecule is OC(c1ccc(Cl)c2ccccc12)C1COCCO1. The van der Waals surface area contributed by atoms with Gasteiger partial charge in [-0.3, -0.25) is 0 Å². The molecule has 1 fully saturated rings. The van der Waals surface area contributed by atoms with E-state index in [0.29, 0.717) is 24.8 Å². The molecule has 0 aliphatic carbocycles. The first-order chi connectivity index (χ1) is 9.27. The van der Waals surface area contributed by atoms with Gasteiger partial charge in [-0.25, -0.2) is 0 Å². The zero-order valence-electron chi connectivity index (χ0n) is 10.4. The fourth-order valence-corrected chi connectivity index (χ4v) is 2.66. The maximum Gasteiger partial charge on any atom is 0.111 e. The average Bonchev–Trinajstić information content (AvgIpc) is 2.48. The molecule has 4 heteroatoms. The lowest BCUT2D eigenvalue weighted by molar-refractivity contribution is -0.133. The van der Waals surface area contributed by atoms with E-state index in [4.69, 9.17) is 21.1 Å². The molecule has 0 saturated carbocycles. The highest BCUT2D eigenvalue weighted by atomic mass is 35.5. The van der Waals surface area contributed by atoms with Crippen LogP contribution in [0.15, 0.2) is 36.4 Å². The summed E-state index contributed by atoms with van der Waals surface area (Å²) in [6.45, 7) is 1.52. The molecule has 3 nitrogen and oxygen atoms in total. The minimum Gasteiger partial charge on any atom is -0.386 e. The Labute approximate surface area is 116 Å². The molecule has 1 aliphatic rings. The summed E-state index contributed by atoms with van der Waals surface area (Å²) in [6, 6.07) is 11.5. The van der Waals surface area contributed by atoms with Crippen molar-refractivity contribution in [1.29, 1.82) is 0 Å². The number of hydrogen-bond acceptors (Lipinski definition) is 3. The van der Waals surface area contributed by atoms with Gasteiger partial charge in [0.2, 0.25) is 0 Å². The molecule has 0 bridgehead atoms. The number of hydrogen-bond donors (Lipinski definition) is 1. The number of aliphatic hydroxyl groups is 1. The van der Waals surface area contributed by atoms with Gasteiger partial charge in [-0.2, -0.15) is 0 Å². The summed E-state index contributed by atoms with van der Waals surface area (Å²) in [5.74, 6) is 0. The van der Waals surface area contributed by atoms with E-state index in [9.17, 15) is 5.11 Å². The summed E-state index contributed by atoms with van der Waals surface area (Å²) in [4.78, 5) is 0. The van der Waals surface area contributed by atoms with Crippen LogP contribution >= 0.6 is 11.6 Å². The van der Waals surface area contributed by atoms with Gasteiger partial charge < -0.3 is 14.6 Å². The Kier molecular flexibility index (Phi) is 3.71. The first-order valence-corrected chi connectivity index (χ1v) is 6.70. The number of fused-ring (bicyclic) bond motifs is 1. The highest BCUT2D eigenvalue weighted by molar-refractivity contribution is 6.35. The molecule has 100 valence electrons. The van der Waals surface area contributed by atoms with Crippen molar-refractivity contribution < 1.29 is 14.6 Å². The van der Waals surface area contributed by atoms with Crippen LogP contribution in [0.25, 0.3) is 10.8 Å². The number of aliphatic hydroxyl groups excluding tert-OH is 1. The van der Waals surface area contributed by atoms with Gasteiger partial charge in [0, 0.05) is 10.4 Å². The molecule has 2 unspecified atom stereocenters. The molecule has 2 atom stereocenters. The van der Waals surface area contributed by atoms with E-state index in [1.807, 2.05) is 36.4 Å². The van der Waals surface area contributed by atoms with Gasteiger partial charge in [-0.1, -0.05) is 41.9 Å². The Morgan fingerprint density at radius 1 is 1.11 bits per heavy atom. The van der Waals surface area contributed by atoms with Crippen molar-refractivity contribution in [3.05, 3.63) is 47.0 Å². The number of benzene rings is 2. The predicted molar refractivity (Wildman–Crippen MR) is 74.5 cm³/mol. The molecule has 0 amide bonds. The molecule has 0 aromatic heterocycles. The number of rotatable bonds is 2. The molecule has 0 spiro atoms. The van der Waals surface area contributed by atoms with Crippen LogP contribution in [0.3, 0.4) is 0 Å². The van der Waals surface area contributed by atoms with Gasteiger partial charge in [-0.05, 0) is 17.0 Å². The van der Waals surface area contributed by atoms with E-state index in [1.165, 1.54) is 0 Å². The molecule has 0 radical (unpaired) electrons. The van der Waals surface area contributed by atoms with Crippen LogP contribution in [0.4, 0.5) is 0 Å². The first kappa shape index (κ1) is 12.9. The van der Waals surface area contributed by atoms with Crippen molar-refractivity contribution >= 4 is 22.4 Å². The van der Waals surface area contributed by atoms with E-state index in [0.717, 1.165) is 16.3 Å². The Hall–Kier alpha value is -1.13. The second-order valence-electron chi connectivity index (χ2n) is 4.61. The van der Waals surface area contributed by atoms with Crippen LogP contribution in [0.1, 0.15) is 11.7 Å². The maximum absolute atomic E-state index is 10.5. The first-order valence-electron chi connectivity index (χ1n) is 6.32. The quantitative estimate of drug-likeness (QED) is 0.918. The van der Waals surface area contributed by atoms with Crippen molar-refractivity contribution in [2.45, 2.75) is 12.2 Å². The van der Waals surface area contributed by atoms with Gasteiger partial charge in [-0.15, -0.1) is 0 Å². The molecule has 19 heavy (non-hydrogen) atoms. The Morgan fingerprint density at radius 2 is 1.89 bits per heavy atom. The van der Waals surface area contributed by atoms with E-state index in [1.54, 1.807) is 0 Å². The highest BCUT2D eigenvalue weighted by Crippen LogP contribution is 2.32. The van der Waals surface area contributed by atoms with Gasteiger partial charge in [0.25, 0.3) is 0 Å². The van der Waals surface area contributed by atoms with Crippen molar-refractivity contribution in [2.24, 2.45) is 0 Å². The highest BCUT2D eigenvalue weighted by Gasteiger charge is 2.26. The number of halogens is 1. The molecule has 1 saturated heterocycles. The second-order valence-corrected chi connectivity index (χ2v) is 5.02. The molecule has 3 rings (SSSR count). The molecular weight excluding hydrogens is 264 g/mol. The zero-order valence-corrected chi connectivity index (χ0v) is 11.1. The van der Waals surface area contributed by atoms with Crippen molar-refractivity contribution in [1.82, 2.24) is 0 Å². The minimum absolute atomic E-state index is 0.321. The fourth-order valence-electron chi connectivity index (χ4n) is 2.43. The van der Waals surface area contributed by atoms with Gasteiger partial charge in [0.1, 0.15) is 12.2 Å². The largest absolute Gasteiger partial charge is 0.386 e. The van der Waals surface area contributed by atoms with E-state index in [-0.39, 0.29) is 6.10 Å². The summed E-state index contributed by atoms with van der Waals surface area (Å²) in [6.07, 6.45) is -1.03. The Bertz CT molecular complexity index is 579. The monoisotopic (exact) mass is 278 g/mol. The number of ether oxygens (including phenoxy) is 2. The van der Waals surface area contributed by atoms with Gasteiger partial charge >= 0.3 is 0 Å². The second kappa shape index (κ2) is 5.47. The van der Waals surface area contributed by atoms with E-state index >= 15 is 0 Å².